The summed E-state index contributed by atoms with van der Waals surface area (Å²) < 4.78 is 0. The van der Waals surface area contributed by atoms with Gasteiger partial charge < -0.3 is 14.7 Å². The van der Waals surface area contributed by atoms with Gasteiger partial charge >= 0.3 is 0 Å². The molecule has 0 radical (unpaired) electrons. The van der Waals surface area contributed by atoms with E-state index in [2.05, 4.69) is 95.8 Å². The molecule has 3 rings (SSSR count). The van der Waals surface area contributed by atoms with Crippen molar-refractivity contribution in [2.45, 2.75) is 115 Å². The molecule has 0 amide bonds. The van der Waals surface area contributed by atoms with Crippen molar-refractivity contribution in [3.05, 3.63) is 0 Å². The van der Waals surface area contributed by atoms with Gasteiger partial charge in [-0.2, -0.15) is 0 Å². The predicted molar refractivity (Wildman–Crippen MR) is 155 cm³/mol. The van der Waals surface area contributed by atoms with Gasteiger partial charge in [-0.3, -0.25) is 4.90 Å². The van der Waals surface area contributed by atoms with Crippen LogP contribution in [0.5, 0.6) is 0 Å². The van der Waals surface area contributed by atoms with Crippen LogP contribution in [0.4, 0.5) is 0 Å². The molecule has 4 nitrogen and oxygen atoms in total. The fraction of sp³-hybridized carbons (Fsp3) is 1.00. The van der Waals surface area contributed by atoms with E-state index in [0.29, 0.717) is 0 Å². The highest BCUT2D eigenvalue weighted by Crippen LogP contribution is 2.25. The van der Waals surface area contributed by atoms with Gasteiger partial charge in [0, 0.05) is 63.9 Å². The third kappa shape index (κ3) is 12.7. The van der Waals surface area contributed by atoms with Crippen LogP contribution in [0.3, 0.4) is 0 Å². The van der Waals surface area contributed by atoms with Crippen molar-refractivity contribution in [2.24, 2.45) is 23.7 Å². The third-order valence-corrected chi connectivity index (χ3v) is 8.12. The van der Waals surface area contributed by atoms with E-state index in [0.717, 1.165) is 41.8 Å². The molecule has 206 valence electrons. The number of hydrogen-bond acceptors (Lipinski definition) is 4. The van der Waals surface area contributed by atoms with Crippen LogP contribution in [0.2, 0.25) is 0 Å². The minimum atomic E-state index is 0.731. The SMILES string of the molecule is CC.CC(C)C1CCN(C(C)C)C1.CC(C)C1CN(C(C)C)C1.CCN1CCN(C(C)C)CC1. The van der Waals surface area contributed by atoms with Crippen molar-refractivity contribution in [1.82, 2.24) is 19.6 Å². The Morgan fingerprint density at radius 3 is 1.24 bits per heavy atom. The Morgan fingerprint density at radius 1 is 0.529 bits per heavy atom. The number of hydrogen-bond donors (Lipinski definition) is 0. The fourth-order valence-corrected chi connectivity index (χ4v) is 4.82. The maximum Gasteiger partial charge on any atom is 0.0113 e. The van der Waals surface area contributed by atoms with Gasteiger partial charge in [0.2, 0.25) is 0 Å². The van der Waals surface area contributed by atoms with Crippen LogP contribution in [-0.2, 0) is 0 Å². The molecule has 4 heteroatoms. The number of piperazine rings is 1. The molecule has 0 saturated carbocycles. The molecular formula is C30H66N4. The van der Waals surface area contributed by atoms with Gasteiger partial charge in [0.15, 0.2) is 0 Å². The van der Waals surface area contributed by atoms with Crippen molar-refractivity contribution in [2.75, 3.05) is 58.9 Å². The molecule has 1 atom stereocenters. The Morgan fingerprint density at radius 2 is 0.941 bits per heavy atom. The van der Waals surface area contributed by atoms with E-state index in [1.807, 2.05) is 13.8 Å². The van der Waals surface area contributed by atoms with E-state index in [1.165, 1.54) is 65.3 Å². The molecule has 3 aliphatic rings. The monoisotopic (exact) mass is 483 g/mol. The molecule has 0 aromatic rings. The van der Waals surface area contributed by atoms with E-state index in [-0.39, 0.29) is 0 Å². The van der Waals surface area contributed by atoms with Crippen molar-refractivity contribution < 1.29 is 0 Å². The average molecular weight is 483 g/mol. The lowest BCUT2D eigenvalue weighted by molar-refractivity contribution is 0.0408. The Bertz CT molecular complexity index is 434. The summed E-state index contributed by atoms with van der Waals surface area (Å²) in [4.78, 5) is 10.2. The summed E-state index contributed by atoms with van der Waals surface area (Å²) in [5.41, 5.74) is 0. The first kappa shape index (κ1) is 33.8. The molecular weight excluding hydrogens is 416 g/mol. The van der Waals surface area contributed by atoms with Crippen LogP contribution >= 0.6 is 0 Å². The summed E-state index contributed by atoms with van der Waals surface area (Å²) in [7, 11) is 0. The van der Waals surface area contributed by atoms with Gasteiger partial charge in [0.1, 0.15) is 0 Å². The molecule has 3 aliphatic heterocycles. The highest BCUT2D eigenvalue weighted by atomic mass is 15.3. The van der Waals surface area contributed by atoms with Crippen LogP contribution < -0.4 is 0 Å². The van der Waals surface area contributed by atoms with Crippen molar-refractivity contribution in [1.29, 1.82) is 0 Å². The molecule has 3 heterocycles. The topological polar surface area (TPSA) is 13.0 Å². The summed E-state index contributed by atoms with van der Waals surface area (Å²) in [6, 6.07) is 2.24. The first-order chi connectivity index (χ1) is 16.0. The lowest BCUT2D eigenvalue weighted by atomic mass is 9.87. The van der Waals surface area contributed by atoms with Crippen LogP contribution in [0.15, 0.2) is 0 Å². The van der Waals surface area contributed by atoms with E-state index in [1.54, 1.807) is 0 Å². The maximum absolute atomic E-state index is 2.59. The van der Waals surface area contributed by atoms with E-state index in [9.17, 15) is 0 Å². The van der Waals surface area contributed by atoms with Crippen LogP contribution in [0.1, 0.15) is 96.4 Å². The minimum Gasteiger partial charge on any atom is -0.301 e. The molecule has 1 unspecified atom stereocenters. The summed E-state index contributed by atoms with van der Waals surface area (Å²) in [5, 5.41) is 0. The van der Waals surface area contributed by atoms with Crippen molar-refractivity contribution in [3.8, 4) is 0 Å². The summed E-state index contributed by atoms with van der Waals surface area (Å²) in [6.45, 7) is 40.8. The van der Waals surface area contributed by atoms with Gasteiger partial charge in [0.05, 0.1) is 0 Å². The summed E-state index contributed by atoms with van der Waals surface area (Å²) in [6.07, 6.45) is 1.41. The highest BCUT2D eigenvalue weighted by Gasteiger charge is 2.30. The van der Waals surface area contributed by atoms with E-state index >= 15 is 0 Å². The molecule has 34 heavy (non-hydrogen) atoms. The second-order valence-electron chi connectivity index (χ2n) is 12.0. The molecule has 3 saturated heterocycles. The fourth-order valence-electron chi connectivity index (χ4n) is 4.82. The Labute approximate surface area is 216 Å². The number of likely N-dealkylation sites (N-methyl/N-ethyl adjacent to an activating group) is 1. The molecule has 0 spiro atoms. The summed E-state index contributed by atoms with van der Waals surface area (Å²) in [5.74, 6) is 3.69. The smallest absolute Gasteiger partial charge is 0.0113 e. The van der Waals surface area contributed by atoms with Crippen LogP contribution in [0, 0.1) is 23.7 Å². The summed E-state index contributed by atoms with van der Waals surface area (Å²) >= 11 is 0. The zero-order chi connectivity index (χ0) is 26.4. The van der Waals surface area contributed by atoms with Gasteiger partial charge in [-0.25, -0.2) is 0 Å². The molecule has 0 bridgehead atoms. The highest BCUT2D eigenvalue weighted by molar-refractivity contribution is 4.83. The molecule has 0 N–H and O–H groups in total. The Kier molecular flexibility index (Phi) is 18.1. The second kappa shape index (κ2) is 18.1. The van der Waals surface area contributed by atoms with Crippen LogP contribution in [0.25, 0.3) is 0 Å². The normalized spacial score (nSPS) is 22.9. The molecule has 0 aliphatic carbocycles. The van der Waals surface area contributed by atoms with Crippen LogP contribution in [-0.4, -0.2) is 96.6 Å². The van der Waals surface area contributed by atoms with Crippen molar-refractivity contribution in [3.63, 3.8) is 0 Å². The van der Waals surface area contributed by atoms with Gasteiger partial charge in [-0.1, -0.05) is 48.5 Å². The zero-order valence-corrected chi connectivity index (χ0v) is 25.9. The first-order valence-corrected chi connectivity index (χ1v) is 14.9. The quantitative estimate of drug-likeness (QED) is 0.433. The Hall–Kier alpha value is -0.160. The van der Waals surface area contributed by atoms with Gasteiger partial charge in [-0.15, -0.1) is 0 Å². The van der Waals surface area contributed by atoms with E-state index < -0.39 is 0 Å². The molecule has 0 aromatic heterocycles. The standard InChI is InChI=1S/C10H21N.C9H20N2.C9H19N.C2H6/c1-8(2)10-5-6-11(7-10)9(3)4;1-4-10-5-7-11(8-6-10)9(2)3;1-7(2)9-5-10(6-9)8(3)4;1-2/h8-10H,5-7H2,1-4H3;9H,4-8H2,1-3H3;7-9H,5-6H2,1-4H3;1-2H3. The largest absolute Gasteiger partial charge is 0.301 e. The first-order valence-electron chi connectivity index (χ1n) is 14.9. The lowest BCUT2D eigenvalue weighted by Gasteiger charge is -2.44. The van der Waals surface area contributed by atoms with E-state index in [4.69, 9.17) is 0 Å². The number of nitrogens with zero attached hydrogens (tertiary/aromatic N) is 4. The maximum atomic E-state index is 2.59. The minimum absolute atomic E-state index is 0.731. The lowest BCUT2D eigenvalue weighted by Crippen LogP contribution is -2.51. The second-order valence-corrected chi connectivity index (χ2v) is 12.0. The zero-order valence-electron chi connectivity index (χ0n) is 25.9. The molecule has 0 aromatic carbocycles. The molecule has 3 fully saturated rings. The number of likely N-dealkylation sites (tertiary alicyclic amines) is 2. The van der Waals surface area contributed by atoms with Gasteiger partial charge in [0.25, 0.3) is 0 Å². The van der Waals surface area contributed by atoms with Crippen molar-refractivity contribution >= 4 is 0 Å². The predicted octanol–water partition coefficient (Wildman–Crippen LogP) is 6.41. The average Bonchev–Trinajstić information content (AvgIpc) is 3.26. The number of rotatable bonds is 6. The Balaban J connectivity index is 0.000000463. The van der Waals surface area contributed by atoms with Gasteiger partial charge in [-0.05, 0) is 84.7 Å². The third-order valence-electron chi connectivity index (χ3n) is 8.12.